The van der Waals surface area contributed by atoms with Crippen LogP contribution in [0.25, 0.3) is 0 Å². The minimum absolute atomic E-state index is 0.569. The quantitative estimate of drug-likeness (QED) is 0.820. The normalized spacial score (nSPS) is 8.17. The predicted octanol–water partition coefficient (Wildman–Crippen LogP) is 4.06. The molecule has 0 aliphatic rings. The summed E-state index contributed by atoms with van der Waals surface area (Å²) in [5, 5.41) is 0. The molecular formula is C14H26O3S. The third-order valence-electron chi connectivity index (χ3n) is 1.68. The molecule has 1 rings (SSSR count). The van der Waals surface area contributed by atoms with Crippen molar-refractivity contribution >= 4 is 12.6 Å². The van der Waals surface area contributed by atoms with Gasteiger partial charge in [0, 0.05) is 24.0 Å². The zero-order valence-corrected chi connectivity index (χ0v) is 13.2. The van der Waals surface area contributed by atoms with Crippen LogP contribution in [0.4, 0.5) is 0 Å². The second-order valence-corrected chi connectivity index (χ2v) is 3.07. The monoisotopic (exact) mass is 274 g/mol. The van der Waals surface area contributed by atoms with Crippen molar-refractivity contribution in [2.75, 3.05) is 26.6 Å². The summed E-state index contributed by atoms with van der Waals surface area (Å²) in [4.78, 5) is 0. The molecule has 0 aromatic heterocycles. The van der Waals surface area contributed by atoms with Crippen molar-refractivity contribution in [2.24, 2.45) is 0 Å². The summed E-state index contributed by atoms with van der Waals surface area (Å²) in [5.74, 6) is 2.85. The molecular weight excluding hydrogens is 248 g/mol. The molecule has 1 aromatic carbocycles. The molecule has 0 radical (unpaired) electrons. The number of benzene rings is 1. The molecule has 1 aromatic rings. The van der Waals surface area contributed by atoms with Gasteiger partial charge in [-0.1, -0.05) is 27.7 Å². The molecule has 0 spiro atoms. The van der Waals surface area contributed by atoms with Gasteiger partial charge in [0.1, 0.15) is 17.2 Å². The maximum Gasteiger partial charge on any atom is 0.126 e. The lowest BCUT2D eigenvalue weighted by Crippen LogP contribution is -1.98. The maximum atomic E-state index is 5.40. The second-order valence-electron chi connectivity index (χ2n) is 2.62. The average molecular weight is 274 g/mol. The Labute approximate surface area is 117 Å². The average Bonchev–Trinajstić information content (AvgIpc) is 2.48. The first-order valence-corrected chi connectivity index (χ1v) is 6.90. The van der Waals surface area contributed by atoms with E-state index in [2.05, 4.69) is 12.6 Å². The summed E-state index contributed by atoms with van der Waals surface area (Å²) >= 11 is 4.06. The lowest BCUT2D eigenvalue weighted by atomic mass is 10.3. The van der Waals surface area contributed by atoms with Crippen LogP contribution in [0.15, 0.2) is 18.2 Å². The van der Waals surface area contributed by atoms with Crippen LogP contribution in [0.1, 0.15) is 27.7 Å². The molecule has 0 N–H and O–H groups in total. The highest BCUT2D eigenvalue weighted by molar-refractivity contribution is 7.80. The Bertz CT molecular complexity index is 268. The minimum Gasteiger partial charge on any atom is -0.496 e. The van der Waals surface area contributed by atoms with Gasteiger partial charge in [0.15, 0.2) is 0 Å². The lowest BCUT2D eigenvalue weighted by molar-refractivity contribution is 0.334. The third kappa shape index (κ3) is 8.12. The van der Waals surface area contributed by atoms with Gasteiger partial charge in [-0.2, -0.15) is 12.6 Å². The minimum atomic E-state index is 0.569. The molecule has 0 amide bonds. The van der Waals surface area contributed by atoms with E-state index in [1.807, 2.05) is 39.8 Å². The van der Waals surface area contributed by atoms with Gasteiger partial charge >= 0.3 is 0 Å². The number of rotatable bonds is 5. The molecule has 3 nitrogen and oxygen atoms in total. The highest BCUT2D eigenvalue weighted by atomic mass is 32.1. The predicted molar refractivity (Wildman–Crippen MR) is 81.6 cm³/mol. The van der Waals surface area contributed by atoms with Crippen molar-refractivity contribution in [3.05, 3.63) is 18.2 Å². The smallest absolute Gasteiger partial charge is 0.126 e. The van der Waals surface area contributed by atoms with Crippen LogP contribution < -0.4 is 14.2 Å². The first-order valence-electron chi connectivity index (χ1n) is 6.27. The molecule has 0 saturated carbocycles. The molecule has 0 aliphatic carbocycles. The van der Waals surface area contributed by atoms with Gasteiger partial charge in [0.05, 0.1) is 20.8 Å². The highest BCUT2D eigenvalue weighted by Gasteiger charge is 2.01. The fourth-order valence-corrected chi connectivity index (χ4v) is 1.12. The first kappa shape index (κ1) is 19.3. The molecule has 0 atom stereocenters. The van der Waals surface area contributed by atoms with Gasteiger partial charge in [-0.25, -0.2) is 0 Å². The Morgan fingerprint density at radius 1 is 0.833 bits per heavy atom. The van der Waals surface area contributed by atoms with E-state index in [9.17, 15) is 0 Å². The maximum absolute atomic E-state index is 5.40. The molecule has 106 valence electrons. The summed E-state index contributed by atoms with van der Waals surface area (Å²) in [5.41, 5.74) is 0. The number of hydrogen-bond donors (Lipinski definition) is 1. The van der Waals surface area contributed by atoms with Crippen LogP contribution in [-0.4, -0.2) is 26.6 Å². The van der Waals surface area contributed by atoms with Crippen LogP contribution >= 0.6 is 12.6 Å². The van der Waals surface area contributed by atoms with Crippen LogP contribution in [0.2, 0.25) is 0 Å². The molecule has 0 fully saturated rings. The topological polar surface area (TPSA) is 27.7 Å². The summed E-state index contributed by atoms with van der Waals surface area (Å²) in [6.07, 6.45) is 0. The van der Waals surface area contributed by atoms with Crippen molar-refractivity contribution < 1.29 is 14.2 Å². The van der Waals surface area contributed by atoms with E-state index in [4.69, 9.17) is 14.2 Å². The zero-order chi connectivity index (χ0) is 14.4. The molecule has 0 saturated heterocycles. The zero-order valence-electron chi connectivity index (χ0n) is 12.3. The largest absolute Gasteiger partial charge is 0.496 e. The number of thiol groups is 1. The van der Waals surface area contributed by atoms with Crippen LogP contribution in [0, 0.1) is 0 Å². The van der Waals surface area contributed by atoms with Crippen molar-refractivity contribution in [2.45, 2.75) is 27.7 Å². The Morgan fingerprint density at radius 3 is 1.56 bits per heavy atom. The van der Waals surface area contributed by atoms with Gasteiger partial charge in [-0.3, -0.25) is 0 Å². The molecule has 4 heteroatoms. The van der Waals surface area contributed by atoms with E-state index in [0.29, 0.717) is 12.4 Å². The Kier molecular flexibility index (Phi) is 15.1. The Balaban J connectivity index is 0. The summed E-state index contributed by atoms with van der Waals surface area (Å²) in [6, 6.07) is 5.42. The van der Waals surface area contributed by atoms with Gasteiger partial charge in [-0.15, -0.1) is 0 Å². The van der Waals surface area contributed by atoms with E-state index in [1.165, 1.54) is 0 Å². The van der Waals surface area contributed by atoms with Gasteiger partial charge < -0.3 is 14.2 Å². The summed E-state index contributed by atoms with van der Waals surface area (Å²) < 4.78 is 15.6. The fourth-order valence-electron chi connectivity index (χ4n) is 1.03. The van der Waals surface area contributed by atoms with E-state index in [1.54, 1.807) is 20.3 Å². The molecule has 0 bridgehead atoms. The fraction of sp³-hybridized carbons (Fsp3) is 0.571. The van der Waals surface area contributed by atoms with E-state index in [0.717, 1.165) is 17.2 Å². The Morgan fingerprint density at radius 2 is 1.22 bits per heavy atom. The SMILES string of the molecule is CC.CC.COc1cc(OC)cc(OCCS)c1. The molecule has 0 aliphatic heterocycles. The van der Waals surface area contributed by atoms with Gasteiger partial charge in [0.25, 0.3) is 0 Å². The van der Waals surface area contributed by atoms with E-state index >= 15 is 0 Å². The van der Waals surface area contributed by atoms with E-state index < -0.39 is 0 Å². The first-order chi connectivity index (χ1) is 8.80. The van der Waals surface area contributed by atoms with E-state index in [-0.39, 0.29) is 0 Å². The Hall–Kier alpha value is -1.03. The van der Waals surface area contributed by atoms with Crippen molar-refractivity contribution in [1.82, 2.24) is 0 Å². The van der Waals surface area contributed by atoms with Crippen LogP contribution in [-0.2, 0) is 0 Å². The number of hydrogen-bond acceptors (Lipinski definition) is 4. The summed E-state index contributed by atoms with van der Waals surface area (Å²) in [6.45, 7) is 8.57. The van der Waals surface area contributed by atoms with Crippen LogP contribution in [0.5, 0.6) is 17.2 Å². The molecule has 18 heavy (non-hydrogen) atoms. The standard InChI is InChI=1S/C10H14O3S.2C2H6/c1-11-8-5-9(12-2)7-10(6-8)13-3-4-14;2*1-2/h5-7,14H,3-4H2,1-2H3;2*1-2H3. The third-order valence-corrected chi connectivity index (χ3v) is 1.87. The molecule has 0 unspecified atom stereocenters. The van der Waals surface area contributed by atoms with Crippen molar-refractivity contribution in [1.29, 1.82) is 0 Å². The second kappa shape index (κ2) is 14.0. The highest BCUT2D eigenvalue weighted by Crippen LogP contribution is 2.27. The molecule has 0 heterocycles. The number of methoxy groups -OCH3 is 2. The van der Waals surface area contributed by atoms with Crippen LogP contribution in [0.3, 0.4) is 0 Å². The van der Waals surface area contributed by atoms with Crippen molar-refractivity contribution in [3.63, 3.8) is 0 Å². The lowest BCUT2D eigenvalue weighted by Gasteiger charge is -2.09. The van der Waals surface area contributed by atoms with Gasteiger partial charge in [-0.05, 0) is 0 Å². The van der Waals surface area contributed by atoms with Gasteiger partial charge in [0.2, 0.25) is 0 Å². The number of ether oxygens (including phenoxy) is 3. The summed E-state index contributed by atoms with van der Waals surface area (Å²) in [7, 11) is 3.22. The van der Waals surface area contributed by atoms with Crippen molar-refractivity contribution in [3.8, 4) is 17.2 Å².